The van der Waals surface area contributed by atoms with Crippen molar-refractivity contribution in [2.75, 3.05) is 24.7 Å². The van der Waals surface area contributed by atoms with Gasteiger partial charge in [0.25, 0.3) is 0 Å². The number of anilines is 1. The van der Waals surface area contributed by atoms with Gasteiger partial charge in [-0.1, -0.05) is 40.2 Å². The van der Waals surface area contributed by atoms with Crippen LogP contribution in [0, 0.1) is 0 Å². The summed E-state index contributed by atoms with van der Waals surface area (Å²) in [5.74, 6) is 0. The normalized spacial score (nSPS) is 20.6. The quantitative estimate of drug-likeness (QED) is 0.554. The summed E-state index contributed by atoms with van der Waals surface area (Å²) in [5, 5.41) is 22.8. The lowest BCUT2D eigenvalue weighted by Gasteiger charge is -2.36. The Morgan fingerprint density at radius 2 is 1.93 bits per heavy atom. The molecule has 2 aromatic rings. The molecule has 4 nitrogen and oxygen atoms in total. The Hall–Kier alpha value is -1.05. The van der Waals surface area contributed by atoms with E-state index in [0.29, 0.717) is 6.42 Å². The second-order valence-corrected chi connectivity index (χ2v) is 8.83. The number of nitrogens with zero attached hydrogens (tertiary/aromatic N) is 1. The average molecular weight is 451 g/mol. The van der Waals surface area contributed by atoms with E-state index >= 15 is 0 Å². The second-order valence-electron chi connectivity index (χ2n) is 7.03. The van der Waals surface area contributed by atoms with Crippen LogP contribution >= 0.6 is 27.7 Å². The molecule has 0 bridgehead atoms. The molecule has 3 rings (SSSR count). The number of piperidine rings is 1. The number of rotatable bonds is 7. The second kappa shape index (κ2) is 9.94. The minimum atomic E-state index is -0.281. The number of aliphatic hydroxyl groups excluding tert-OH is 2. The van der Waals surface area contributed by atoms with Crippen molar-refractivity contribution in [3.8, 4) is 0 Å². The molecule has 0 spiro atoms. The molecule has 3 N–H and O–H groups in total. The lowest BCUT2D eigenvalue weighted by molar-refractivity contribution is 0.0129. The summed E-state index contributed by atoms with van der Waals surface area (Å²) >= 11 is 5.29. The fourth-order valence-electron chi connectivity index (χ4n) is 3.46. The fraction of sp³-hybridized carbons (Fsp3) is 0.429. The van der Waals surface area contributed by atoms with Crippen molar-refractivity contribution in [2.45, 2.75) is 43.0 Å². The molecule has 1 aliphatic rings. The van der Waals surface area contributed by atoms with Crippen molar-refractivity contribution >= 4 is 33.4 Å². The van der Waals surface area contributed by atoms with E-state index in [1.165, 1.54) is 16.0 Å². The van der Waals surface area contributed by atoms with Gasteiger partial charge in [-0.05, 0) is 48.4 Å². The first kappa shape index (κ1) is 20.7. The molecule has 0 radical (unpaired) electrons. The molecule has 6 heteroatoms. The molecule has 0 amide bonds. The molecule has 2 unspecified atom stereocenters. The summed E-state index contributed by atoms with van der Waals surface area (Å²) in [6.45, 7) is 2.52. The maximum atomic E-state index is 9.79. The third-order valence-corrected chi connectivity index (χ3v) is 6.20. The molecule has 1 heterocycles. The Kier molecular flexibility index (Phi) is 7.61. The van der Waals surface area contributed by atoms with E-state index < -0.39 is 0 Å². The molecule has 27 heavy (non-hydrogen) atoms. The number of likely N-dealkylation sites (tertiary alicyclic amines) is 1. The molecule has 0 aromatic heterocycles. The zero-order valence-corrected chi connectivity index (χ0v) is 18.0. The monoisotopic (exact) mass is 450 g/mol. The number of benzene rings is 2. The van der Waals surface area contributed by atoms with Crippen molar-refractivity contribution in [3.05, 3.63) is 58.1 Å². The number of hydrogen-bond donors (Lipinski definition) is 3. The highest BCUT2D eigenvalue weighted by Crippen LogP contribution is 2.26. The van der Waals surface area contributed by atoms with Crippen LogP contribution in [0.15, 0.2) is 51.8 Å². The molecule has 146 valence electrons. The van der Waals surface area contributed by atoms with Crippen LogP contribution in [-0.2, 0) is 13.1 Å². The zero-order valence-electron chi connectivity index (χ0n) is 15.6. The van der Waals surface area contributed by atoms with Crippen molar-refractivity contribution in [1.29, 1.82) is 0 Å². The van der Waals surface area contributed by atoms with E-state index in [1.807, 2.05) is 0 Å². The maximum absolute atomic E-state index is 9.79. The van der Waals surface area contributed by atoms with Crippen molar-refractivity contribution in [2.24, 2.45) is 0 Å². The van der Waals surface area contributed by atoms with Gasteiger partial charge in [0, 0.05) is 40.7 Å². The van der Waals surface area contributed by atoms with Crippen LogP contribution in [0.1, 0.15) is 24.0 Å². The van der Waals surface area contributed by atoms with E-state index in [-0.39, 0.29) is 18.8 Å². The van der Waals surface area contributed by atoms with Crippen LogP contribution in [0.25, 0.3) is 0 Å². The van der Waals surface area contributed by atoms with Crippen LogP contribution in [0.5, 0.6) is 0 Å². The summed E-state index contributed by atoms with van der Waals surface area (Å²) in [6.07, 6.45) is 3.23. The highest BCUT2D eigenvalue weighted by atomic mass is 79.9. The lowest BCUT2D eigenvalue weighted by Crippen LogP contribution is -2.45. The first-order valence-electron chi connectivity index (χ1n) is 9.26. The van der Waals surface area contributed by atoms with E-state index in [4.69, 9.17) is 0 Å². The number of hydrogen-bond acceptors (Lipinski definition) is 5. The first-order valence-corrected chi connectivity index (χ1v) is 11.3. The predicted molar refractivity (Wildman–Crippen MR) is 116 cm³/mol. The molecule has 0 aliphatic carbocycles. The Bertz CT molecular complexity index is 741. The topological polar surface area (TPSA) is 55.7 Å². The Balaban J connectivity index is 1.56. The maximum Gasteiger partial charge on any atom is 0.0587 e. The van der Waals surface area contributed by atoms with E-state index in [1.54, 1.807) is 11.8 Å². The Morgan fingerprint density at radius 3 is 2.63 bits per heavy atom. The van der Waals surface area contributed by atoms with Crippen LogP contribution in [0.2, 0.25) is 0 Å². The van der Waals surface area contributed by atoms with Gasteiger partial charge in [-0.15, -0.1) is 11.8 Å². The number of nitrogens with one attached hydrogen (secondary N) is 1. The van der Waals surface area contributed by atoms with Gasteiger partial charge >= 0.3 is 0 Å². The smallest absolute Gasteiger partial charge is 0.0587 e. The van der Waals surface area contributed by atoms with E-state index in [0.717, 1.165) is 36.2 Å². The third-order valence-electron chi connectivity index (χ3n) is 5.03. The highest BCUT2D eigenvalue weighted by Gasteiger charge is 2.26. The van der Waals surface area contributed by atoms with Gasteiger partial charge in [-0.3, -0.25) is 4.90 Å². The molecule has 1 saturated heterocycles. The fourth-order valence-corrected chi connectivity index (χ4v) is 4.59. The lowest BCUT2D eigenvalue weighted by atomic mass is 9.99. The van der Waals surface area contributed by atoms with E-state index in [9.17, 15) is 10.2 Å². The Morgan fingerprint density at radius 1 is 1.19 bits per heavy atom. The molecule has 1 fully saturated rings. The summed E-state index contributed by atoms with van der Waals surface area (Å²) in [5.41, 5.74) is 3.58. The largest absolute Gasteiger partial charge is 0.395 e. The van der Waals surface area contributed by atoms with Gasteiger partial charge in [0.1, 0.15) is 0 Å². The van der Waals surface area contributed by atoms with Gasteiger partial charge in [-0.25, -0.2) is 0 Å². The zero-order chi connectivity index (χ0) is 19.2. The molecular formula is C21H27BrN2O2S. The third kappa shape index (κ3) is 5.96. The molecular weight excluding hydrogens is 424 g/mol. The van der Waals surface area contributed by atoms with Gasteiger partial charge in [0.05, 0.1) is 12.7 Å². The van der Waals surface area contributed by atoms with Gasteiger partial charge in [-0.2, -0.15) is 0 Å². The van der Waals surface area contributed by atoms with Crippen LogP contribution in [0.4, 0.5) is 5.69 Å². The molecule has 2 atom stereocenters. The number of aliphatic hydroxyl groups is 2. The SMILES string of the molecule is CSc1cc(Br)cc(NCc2ccc(CN3CCC(O)CC3CO)cc2)c1. The summed E-state index contributed by atoms with van der Waals surface area (Å²) in [7, 11) is 0. The summed E-state index contributed by atoms with van der Waals surface area (Å²) in [4.78, 5) is 3.50. The van der Waals surface area contributed by atoms with Crippen molar-refractivity contribution in [3.63, 3.8) is 0 Å². The minimum absolute atomic E-state index is 0.0530. The summed E-state index contributed by atoms with van der Waals surface area (Å²) < 4.78 is 1.08. The van der Waals surface area contributed by atoms with Crippen molar-refractivity contribution < 1.29 is 10.2 Å². The van der Waals surface area contributed by atoms with E-state index in [2.05, 4.69) is 74.9 Å². The molecule has 2 aromatic carbocycles. The van der Waals surface area contributed by atoms with Crippen LogP contribution in [-0.4, -0.2) is 46.7 Å². The van der Waals surface area contributed by atoms with Crippen LogP contribution < -0.4 is 5.32 Å². The van der Waals surface area contributed by atoms with Gasteiger partial charge < -0.3 is 15.5 Å². The highest BCUT2D eigenvalue weighted by molar-refractivity contribution is 9.10. The standard InChI is InChI=1S/C21H27BrN2O2S/c1-27-21-9-17(22)8-18(10-21)23-12-15-2-4-16(5-3-15)13-24-7-6-20(26)11-19(24)14-25/h2-5,8-10,19-20,23,25-26H,6-7,11-14H2,1H3. The minimum Gasteiger partial charge on any atom is -0.395 e. The Labute approximate surface area is 174 Å². The van der Waals surface area contributed by atoms with Crippen LogP contribution in [0.3, 0.4) is 0 Å². The van der Waals surface area contributed by atoms with Gasteiger partial charge in [0.15, 0.2) is 0 Å². The molecule has 1 aliphatic heterocycles. The molecule has 0 saturated carbocycles. The summed E-state index contributed by atoms with van der Waals surface area (Å²) in [6, 6.07) is 15.0. The average Bonchev–Trinajstić information content (AvgIpc) is 2.68. The number of thioether (sulfide) groups is 1. The number of halogens is 1. The predicted octanol–water partition coefficient (Wildman–Crippen LogP) is 4.10. The first-order chi connectivity index (χ1) is 13.1. The van der Waals surface area contributed by atoms with Gasteiger partial charge in [0.2, 0.25) is 0 Å². The van der Waals surface area contributed by atoms with Crippen molar-refractivity contribution in [1.82, 2.24) is 4.90 Å².